The molecule has 2 N–H and O–H groups in total. The van der Waals surface area contributed by atoms with E-state index in [0.29, 0.717) is 12.6 Å². The van der Waals surface area contributed by atoms with Crippen LogP contribution in [0.15, 0.2) is 29.3 Å². The van der Waals surface area contributed by atoms with Crippen molar-refractivity contribution >= 4 is 5.96 Å². The van der Waals surface area contributed by atoms with Crippen LogP contribution in [0.5, 0.6) is 5.75 Å². The van der Waals surface area contributed by atoms with E-state index in [9.17, 15) is 13.2 Å². The summed E-state index contributed by atoms with van der Waals surface area (Å²) in [6.07, 6.45) is -2.00. The predicted molar refractivity (Wildman–Crippen MR) is 74.3 cm³/mol. The van der Waals surface area contributed by atoms with Gasteiger partial charge in [0.2, 0.25) is 0 Å². The van der Waals surface area contributed by atoms with Crippen molar-refractivity contribution in [3.8, 4) is 5.75 Å². The van der Waals surface area contributed by atoms with Crippen LogP contribution in [0.4, 0.5) is 13.2 Å². The van der Waals surface area contributed by atoms with Crippen molar-refractivity contribution in [3.63, 3.8) is 0 Å². The first-order valence-electron chi connectivity index (χ1n) is 6.72. The zero-order chi connectivity index (χ0) is 15.3. The van der Waals surface area contributed by atoms with Gasteiger partial charge in [0.25, 0.3) is 0 Å². The molecule has 21 heavy (non-hydrogen) atoms. The average molecular weight is 301 g/mol. The standard InChI is InChI=1S/C14H18F3N3O/c1-18-13(20-11-4-5-11)19-8-10-2-6-12(7-3-10)21-9-14(15,16)17/h2-3,6-7,11H,4-5,8-9H2,1H3,(H2,18,19,20). The van der Waals surface area contributed by atoms with Crippen LogP contribution < -0.4 is 15.4 Å². The maximum atomic E-state index is 12.0. The zero-order valence-corrected chi connectivity index (χ0v) is 11.7. The van der Waals surface area contributed by atoms with E-state index in [4.69, 9.17) is 0 Å². The lowest BCUT2D eigenvalue weighted by atomic mass is 10.2. The first kappa shape index (κ1) is 15.5. The zero-order valence-electron chi connectivity index (χ0n) is 11.7. The van der Waals surface area contributed by atoms with Gasteiger partial charge in [-0.25, -0.2) is 0 Å². The van der Waals surface area contributed by atoms with Crippen molar-refractivity contribution in [2.45, 2.75) is 31.6 Å². The molecule has 1 saturated carbocycles. The number of hydrogen-bond acceptors (Lipinski definition) is 2. The molecule has 0 aromatic heterocycles. The van der Waals surface area contributed by atoms with Crippen molar-refractivity contribution in [3.05, 3.63) is 29.8 Å². The van der Waals surface area contributed by atoms with Crippen LogP contribution in [0, 0.1) is 0 Å². The highest BCUT2D eigenvalue weighted by Gasteiger charge is 2.28. The first-order chi connectivity index (χ1) is 9.96. The fraction of sp³-hybridized carbons (Fsp3) is 0.500. The molecule has 0 saturated heterocycles. The Balaban J connectivity index is 1.78. The fourth-order valence-corrected chi connectivity index (χ4v) is 1.67. The summed E-state index contributed by atoms with van der Waals surface area (Å²) >= 11 is 0. The molecular formula is C14H18F3N3O. The van der Waals surface area contributed by atoms with Crippen molar-refractivity contribution in [1.29, 1.82) is 0 Å². The van der Waals surface area contributed by atoms with Gasteiger partial charge in [-0.15, -0.1) is 0 Å². The molecule has 1 aliphatic carbocycles. The van der Waals surface area contributed by atoms with E-state index >= 15 is 0 Å². The number of guanidine groups is 1. The molecule has 0 atom stereocenters. The smallest absolute Gasteiger partial charge is 0.422 e. The molecule has 0 heterocycles. The summed E-state index contributed by atoms with van der Waals surface area (Å²) in [4.78, 5) is 4.10. The minimum atomic E-state index is -4.32. The third-order valence-electron chi connectivity index (χ3n) is 2.93. The van der Waals surface area contributed by atoms with Gasteiger partial charge in [-0.3, -0.25) is 4.99 Å². The quantitative estimate of drug-likeness (QED) is 0.649. The summed E-state index contributed by atoms with van der Waals surface area (Å²) in [7, 11) is 1.70. The number of ether oxygens (including phenoxy) is 1. The molecule has 0 bridgehead atoms. The van der Waals surface area contributed by atoms with E-state index in [1.807, 2.05) is 0 Å². The molecule has 0 unspecified atom stereocenters. The monoisotopic (exact) mass is 301 g/mol. The maximum Gasteiger partial charge on any atom is 0.422 e. The van der Waals surface area contributed by atoms with Crippen LogP contribution in [-0.4, -0.2) is 31.8 Å². The van der Waals surface area contributed by atoms with E-state index in [-0.39, 0.29) is 5.75 Å². The predicted octanol–water partition coefficient (Wildman–Crippen LogP) is 2.46. The van der Waals surface area contributed by atoms with Gasteiger partial charge >= 0.3 is 6.18 Å². The van der Waals surface area contributed by atoms with E-state index in [0.717, 1.165) is 24.4 Å². The summed E-state index contributed by atoms with van der Waals surface area (Å²) in [5.41, 5.74) is 0.938. The van der Waals surface area contributed by atoms with Crippen LogP contribution >= 0.6 is 0 Å². The number of nitrogens with zero attached hydrogens (tertiary/aromatic N) is 1. The van der Waals surface area contributed by atoms with Crippen LogP contribution in [-0.2, 0) is 6.54 Å². The first-order valence-corrected chi connectivity index (χ1v) is 6.72. The number of benzene rings is 1. The number of aliphatic imine (C=N–C) groups is 1. The van der Waals surface area contributed by atoms with Crippen molar-refractivity contribution in [1.82, 2.24) is 10.6 Å². The van der Waals surface area contributed by atoms with Crippen molar-refractivity contribution in [2.75, 3.05) is 13.7 Å². The molecular weight excluding hydrogens is 283 g/mol. The minimum absolute atomic E-state index is 0.205. The summed E-state index contributed by atoms with van der Waals surface area (Å²) in [5.74, 6) is 0.937. The third kappa shape index (κ3) is 5.93. The van der Waals surface area contributed by atoms with Crippen LogP contribution in [0.1, 0.15) is 18.4 Å². The number of halogens is 3. The Kier molecular flexibility index (Phi) is 4.93. The summed E-state index contributed by atoms with van der Waals surface area (Å²) < 4.78 is 40.7. The Morgan fingerprint density at radius 1 is 1.29 bits per heavy atom. The highest BCUT2D eigenvalue weighted by Crippen LogP contribution is 2.19. The molecule has 2 rings (SSSR count). The number of nitrogens with one attached hydrogen (secondary N) is 2. The molecule has 1 fully saturated rings. The third-order valence-corrected chi connectivity index (χ3v) is 2.93. The molecule has 4 nitrogen and oxygen atoms in total. The molecule has 1 aromatic rings. The topological polar surface area (TPSA) is 45.7 Å². The van der Waals surface area contributed by atoms with Gasteiger partial charge in [-0.2, -0.15) is 13.2 Å². The van der Waals surface area contributed by atoms with Gasteiger partial charge in [0.05, 0.1) is 0 Å². The second kappa shape index (κ2) is 6.69. The van der Waals surface area contributed by atoms with Gasteiger partial charge in [-0.05, 0) is 30.5 Å². The summed E-state index contributed by atoms with van der Waals surface area (Å²) in [5, 5.41) is 6.40. The molecule has 116 valence electrons. The van der Waals surface area contributed by atoms with E-state index < -0.39 is 12.8 Å². The Morgan fingerprint density at radius 3 is 2.48 bits per heavy atom. The lowest BCUT2D eigenvalue weighted by Crippen LogP contribution is -2.38. The second-order valence-corrected chi connectivity index (χ2v) is 4.89. The SMILES string of the molecule is CN=C(NCc1ccc(OCC(F)(F)F)cc1)NC1CC1. The van der Waals surface area contributed by atoms with Gasteiger partial charge in [0.1, 0.15) is 5.75 Å². The Hall–Kier alpha value is -1.92. The van der Waals surface area contributed by atoms with E-state index in [1.54, 1.807) is 19.2 Å². The van der Waals surface area contributed by atoms with Crippen LogP contribution in [0.3, 0.4) is 0 Å². The number of hydrogen-bond donors (Lipinski definition) is 2. The summed E-state index contributed by atoms with van der Waals surface area (Å²) in [6, 6.07) is 7.01. The Morgan fingerprint density at radius 2 is 1.95 bits per heavy atom. The molecule has 0 aliphatic heterocycles. The van der Waals surface area contributed by atoms with Crippen molar-refractivity contribution < 1.29 is 17.9 Å². The highest BCUT2D eigenvalue weighted by molar-refractivity contribution is 5.80. The number of alkyl halides is 3. The molecule has 1 aliphatic rings. The van der Waals surface area contributed by atoms with E-state index in [1.165, 1.54) is 12.1 Å². The lowest BCUT2D eigenvalue weighted by molar-refractivity contribution is -0.153. The van der Waals surface area contributed by atoms with Crippen molar-refractivity contribution in [2.24, 2.45) is 4.99 Å². The maximum absolute atomic E-state index is 12.0. The van der Waals surface area contributed by atoms with Gasteiger partial charge in [0.15, 0.2) is 12.6 Å². The molecule has 7 heteroatoms. The van der Waals surface area contributed by atoms with Crippen LogP contribution in [0.25, 0.3) is 0 Å². The Bertz CT molecular complexity index is 481. The minimum Gasteiger partial charge on any atom is -0.484 e. The lowest BCUT2D eigenvalue weighted by Gasteiger charge is -2.12. The second-order valence-electron chi connectivity index (χ2n) is 4.89. The molecule has 0 amide bonds. The van der Waals surface area contributed by atoms with Gasteiger partial charge in [-0.1, -0.05) is 12.1 Å². The Labute approximate surface area is 121 Å². The number of rotatable bonds is 5. The highest BCUT2D eigenvalue weighted by atomic mass is 19.4. The fourth-order valence-electron chi connectivity index (χ4n) is 1.67. The average Bonchev–Trinajstić information content (AvgIpc) is 3.25. The summed E-state index contributed by atoms with van der Waals surface area (Å²) in [6.45, 7) is -0.728. The van der Waals surface area contributed by atoms with E-state index in [2.05, 4.69) is 20.4 Å². The molecule has 0 radical (unpaired) electrons. The van der Waals surface area contributed by atoms with Crippen LogP contribution in [0.2, 0.25) is 0 Å². The van der Waals surface area contributed by atoms with Gasteiger partial charge in [0, 0.05) is 19.6 Å². The largest absolute Gasteiger partial charge is 0.484 e. The molecule has 0 spiro atoms. The van der Waals surface area contributed by atoms with Gasteiger partial charge < -0.3 is 15.4 Å². The molecule has 1 aromatic carbocycles. The normalized spacial score (nSPS) is 15.7.